The first-order valence-corrected chi connectivity index (χ1v) is 6.90. The Morgan fingerprint density at radius 3 is 2.95 bits per heavy atom. The van der Waals surface area contributed by atoms with Crippen molar-refractivity contribution in [2.45, 2.75) is 25.5 Å². The minimum Gasteiger partial charge on any atom is -0.392 e. The lowest BCUT2D eigenvalue weighted by Crippen LogP contribution is -2.35. The molecule has 1 fully saturated rings. The second-order valence-corrected chi connectivity index (χ2v) is 4.97. The predicted octanol–water partition coefficient (Wildman–Crippen LogP) is 0.166. The molecule has 5 nitrogen and oxygen atoms in total. The Balaban J connectivity index is 1.87. The first-order valence-electron chi connectivity index (χ1n) is 6.90. The monoisotopic (exact) mass is 265 g/mol. The van der Waals surface area contributed by atoms with Gasteiger partial charge in [0.25, 0.3) is 0 Å². The van der Waals surface area contributed by atoms with Crippen molar-refractivity contribution in [1.29, 1.82) is 0 Å². The molecule has 1 saturated heterocycles. The summed E-state index contributed by atoms with van der Waals surface area (Å²) in [6.07, 6.45) is 2.87. The normalized spacial score (nSPS) is 18.4. The van der Waals surface area contributed by atoms with Crippen LogP contribution < -0.4 is 5.73 Å². The number of hydrogen-bond donors (Lipinski definition) is 2. The van der Waals surface area contributed by atoms with E-state index < -0.39 is 6.10 Å². The number of aliphatic hydroxyl groups is 1. The number of aliphatic hydroxyl groups excluding tert-OH is 1. The maximum atomic E-state index is 9.47. The van der Waals surface area contributed by atoms with Crippen LogP contribution in [0.15, 0.2) is 18.3 Å². The second kappa shape index (κ2) is 7.55. The highest BCUT2D eigenvalue weighted by Gasteiger charge is 2.11. The number of hydrogen-bond acceptors (Lipinski definition) is 5. The van der Waals surface area contributed by atoms with Crippen molar-refractivity contribution in [3.63, 3.8) is 0 Å². The highest BCUT2D eigenvalue weighted by atomic mass is 16.5. The average molecular weight is 265 g/mol. The molecule has 0 saturated carbocycles. The van der Waals surface area contributed by atoms with Crippen LogP contribution in [0.1, 0.15) is 17.7 Å². The summed E-state index contributed by atoms with van der Waals surface area (Å²) in [5, 5.41) is 9.47. The molecule has 106 valence electrons. The Kier molecular flexibility index (Phi) is 5.72. The summed E-state index contributed by atoms with van der Waals surface area (Å²) < 4.78 is 5.34. The smallest absolute Gasteiger partial charge is 0.0666 e. The largest absolute Gasteiger partial charge is 0.392 e. The van der Waals surface area contributed by atoms with Crippen LogP contribution in [-0.4, -0.2) is 53.9 Å². The van der Waals surface area contributed by atoms with E-state index in [4.69, 9.17) is 10.5 Å². The van der Waals surface area contributed by atoms with Crippen LogP contribution >= 0.6 is 0 Å². The van der Waals surface area contributed by atoms with Gasteiger partial charge in [0.05, 0.1) is 19.3 Å². The molecule has 1 aromatic rings. The average Bonchev–Trinajstić information content (AvgIpc) is 2.46. The van der Waals surface area contributed by atoms with Gasteiger partial charge in [-0.05, 0) is 30.5 Å². The van der Waals surface area contributed by atoms with Crippen LogP contribution in [-0.2, 0) is 17.7 Å². The van der Waals surface area contributed by atoms with Gasteiger partial charge in [-0.15, -0.1) is 0 Å². The summed E-state index contributed by atoms with van der Waals surface area (Å²) in [5.74, 6) is 0. The lowest BCUT2D eigenvalue weighted by Gasteiger charge is -2.26. The molecule has 0 spiro atoms. The summed E-state index contributed by atoms with van der Waals surface area (Å²) in [7, 11) is 0. The fraction of sp³-hybridized carbons (Fsp3) is 0.643. The van der Waals surface area contributed by atoms with E-state index in [-0.39, 0.29) is 0 Å². The molecule has 1 aliphatic rings. The predicted molar refractivity (Wildman–Crippen MR) is 73.7 cm³/mol. The van der Waals surface area contributed by atoms with Gasteiger partial charge in [0.15, 0.2) is 0 Å². The van der Waals surface area contributed by atoms with Gasteiger partial charge < -0.3 is 15.6 Å². The van der Waals surface area contributed by atoms with E-state index in [9.17, 15) is 5.11 Å². The number of nitrogens with zero attached hydrogens (tertiary/aromatic N) is 2. The fourth-order valence-electron chi connectivity index (χ4n) is 2.21. The first kappa shape index (κ1) is 14.4. The highest BCUT2D eigenvalue weighted by molar-refractivity contribution is 5.16. The quantitative estimate of drug-likeness (QED) is 0.767. The third-order valence-corrected chi connectivity index (χ3v) is 3.40. The van der Waals surface area contributed by atoms with Crippen molar-refractivity contribution < 1.29 is 9.84 Å². The minimum absolute atomic E-state index is 0.313. The third kappa shape index (κ3) is 4.87. The Morgan fingerprint density at radius 1 is 1.42 bits per heavy atom. The zero-order chi connectivity index (χ0) is 13.5. The van der Waals surface area contributed by atoms with Crippen molar-refractivity contribution in [2.75, 3.05) is 32.8 Å². The summed E-state index contributed by atoms with van der Waals surface area (Å²) in [6.45, 7) is 4.88. The van der Waals surface area contributed by atoms with Crippen molar-refractivity contribution in [3.8, 4) is 0 Å². The highest BCUT2D eigenvalue weighted by Crippen LogP contribution is 2.10. The van der Waals surface area contributed by atoms with E-state index in [1.807, 2.05) is 6.20 Å². The summed E-state index contributed by atoms with van der Waals surface area (Å²) in [5.41, 5.74) is 7.70. The molecule has 0 radical (unpaired) electrons. The Morgan fingerprint density at radius 2 is 2.21 bits per heavy atom. The fourth-order valence-corrected chi connectivity index (χ4v) is 2.21. The number of aryl methyl sites for hydroxylation is 1. The topological polar surface area (TPSA) is 71.6 Å². The summed E-state index contributed by atoms with van der Waals surface area (Å²) >= 11 is 0. The summed E-state index contributed by atoms with van der Waals surface area (Å²) in [4.78, 5) is 6.73. The molecule has 2 rings (SSSR count). The van der Waals surface area contributed by atoms with E-state index in [1.54, 1.807) is 0 Å². The molecule has 0 aliphatic carbocycles. The van der Waals surface area contributed by atoms with Gasteiger partial charge in [-0.2, -0.15) is 0 Å². The van der Waals surface area contributed by atoms with E-state index in [0.717, 1.165) is 45.0 Å². The molecule has 0 bridgehead atoms. The van der Waals surface area contributed by atoms with Gasteiger partial charge in [-0.3, -0.25) is 9.88 Å². The molecular formula is C14H23N3O2. The standard InChI is InChI=1S/C14H23N3O2/c15-10-14(18)2-1-13-9-12(3-4-16-13)11-17-5-7-19-8-6-17/h3-4,9,14,18H,1-2,5-8,10-11,15H2. The molecular weight excluding hydrogens is 242 g/mol. The minimum atomic E-state index is -0.426. The van der Waals surface area contributed by atoms with Gasteiger partial charge in [0, 0.05) is 38.1 Å². The number of pyridine rings is 1. The van der Waals surface area contributed by atoms with E-state index in [2.05, 4.69) is 22.0 Å². The Labute approximate surface area is 114 Å². The zero-order valence-corrected chi connectivity index (χ0v) is 11.3. The van der Waals surface area contributed by atoms with Crippen LogP contribution in [0.4, 0.5) is 0 Å². The SMILES string of the molecule is NCC(O)CCc1cc(CN2CCOCC2)ccn1. The molecule has 1 aromatic heterocycles. The van der Waals surface area contributed by atoms with Crippen molar-refractivity contribution in [2.24, 2.45) is 5.73 Å². The number of aromatic nitrogens is 1. The molecule has 5 heteroatoms. The number of nitrogens with two attached hydrogens (primary N) is 1. The number of ether oxygens (including phenoxy) is 1. The molecule has 19 heavy (non-hydrogen) atoms. The van der Waals surface area contributed by atoms with Crippen molar-refractivity contribution in [3.05, 3.63) is 29.6 Å². The zero-order valence-electron chi connectivity index (χ0n) is 11.3. The Hall–Kier alpha value is -1.01. The summed E-state index contributed by atoms with van der Waals surface area (Å²) in [6, 6.07) is 4.18. The molecule has 0 aromatic carbocycles. The van der Waals surface area contributed by atoms with Crippen LogP contribution in [0.5, 0.6) is 0 Å². The van der Waals surface area contributed by atoms with Crippen LogP contribution in [0, 0.1) is 0 Å². The molecule has 3 N–H and O–H groups in total. The number of rotatable bonds is 6. The molecule has 2 heterocycles. The first-order chi connectivity index (χ1) is 9.28. The maximum absolute atomic E-state index is 9.47. The van der Waals surface area contributed by atoms with Crippen LogP contribution in [0.3, 0.4) is 0 Å². The third-order valence-electron chi connectivity index (χ3n) is 3.40. The lowest BCUT2D eigenvalue weighted by molar-refractivity contribution is 0.0341. The van der Waals surface area contributed by atoms with Gasteiger partial charge in [-0.1, -0.05) is 0 Å². The van der Waals surface area contributed by atoms with Crippen LogP contribution in [0.25, 0.3) is 0 Å². The molecule has 1 aliphatic heterocycles. The van der Waals surface area contributed by atoms with Gasteiger partial charge >= 0.3 is 0 Å². The molecule has 1 unspecified atom stereocenters. The van der Waals surface area contributed by atoms with Gasteiger partial charge in [-0.25, -0.2) is 0 Å². The Bertz CT molecular complexity index is 381. The van der Waals surface area contributed by atoms with Crippen LogP contribution in [0.2, 0.25) is 0 Å². The number of morpholine rings is 1. The van der Waals surface area contributed by atoms with E-state index in [0.29, 0.717) is 13.0 Å². The van der Waals surface area contributed by atoms with Crippen molar-refractivity contribution >= 4 is 0 Å². The second-order valence-electron chi connectivity index (χ2n) is 4.97. The van der Waals surface area contributed by atoms with E-state index in [1.165, 1.54) is 5.56 Å². The van der Waals surface area contributed by atoms with E-state index >= 15 is 0 Å². The lowest BCUT2D eigenvalue weighted by atomic mass is 10.1. The molecule has 1 atom stereocenters. The maximum Gasteiger partial charge on any atom is 0.0666 e. The molecule has 0 amide bonds. The van der Waals surface area contributed by atoms with Gasteiger partial charge in [0.2, 0.25) is 0 Å². The van der Waals surface area contributed by atoms with Gasteiger partial charge in [0.1, 0.15) is 0 Å². The van der Waals surface area contributed by atoms with Crippen molar-refractivity contribution in [1.82, 2.24) is 9.88 Å².